The normalized spacial score (nSPS) is 28.1. The Hall–Kier alpha value is -1.33. The molecule has 1 saturated carbocycles. The van der Waals surface area contributed by atoms with Crippen LogP contribution in [0.25, 0.3) is 0 Å². The lowest BCUT2D eigenvalue weighted by atomic mass is 9.66. The van der Waals surface area contributed by atoms with Gasteiger partial charge in [0.15, 0.2) is 0 Å². The van der Waals surface area contributed by atoms with Crippen molar-refractivity contribution >= 4 is 13.1 Å². The third kappa shape index (κ3) is 3.38. The van der Waals surface area contributed by atoms with Crippen LogP contribution in [0.1, 0.15) is 52.5 Å². The van der Waals surface area contributed by atoms with E-state index >= 15 is 0 Å². The molecule has 2 aliphatic rings. The van der Waals surface area contributed by atoms with Crippen LogP contribution in [0.4, 0.5) is 0 Å². The molecule has 1 aliphatic carbocycles. The second-order valence-corrected chi connectivity index (χ2v) is 7.92. The Bertz CT molecular complexity index is 568. The Kier molecular flexibility index (Phi) is 4.76. The molecule has 0 N–H and O–H groups in total. The van der Waals surface area contributed by atoms with E-state index in [0.717, 1.165) is 24.8 Å². The minimum Gasteiger partial charge on any atom is -0.461 e. The van der Waals surface area contributed by atoms with Crippen molar-refractivity contribution in [2.75, 3.05) is 0 Å². The predicted octanol–water partition coefficient (Wildman–Crippen LogP) is 3.99. The second-order valence-electron chi connectivity index (χ2n) is 7.92. The lowest BCUT2D eigenvalue weighted by Crippen LogP contribution is -2.41. The molecular weight excluding hydrogens is 303 g/mol. The summed E-state index contributed by atoms with van der Waals surface area (Å²) in [6, 6.07) is 9.79. The van der Waals surface area contributed by atoms with Gasteiger partial charge in [-0.3, -0.25) is 4.79 Å². The van der Waals surface area contributed by atoms with E-state index in [0.29, 0.717) is 6.61 Å². The zero-order valence-corrected chi connectivity index (χ0v) is 15.1. The Morgan fingerprint density at radius 2 is 1.75 bits per heavy atom. The molecule has 130 valence electrons. The molecule has 0 unspecified atom stereocenters. The van der Waals surface area contributed by atoms with Gasteiger partial charge in [0.1, 0.15) is 6.61 Å². The fraction of sp³-hybridized carbons (Fsp3) is 0.632. The van der Waals surface area contributed by atoms with Crippen LogP contribution in [-0.4, -0.2) is 24.3 Å². The summed E-state index contributed by atoms with van der Waals surface area (Å²) in [6.45, 7) is 8.51. The van der Waals surface area contributed by atoms with Gasteiger partial charge in [-0.2, -0.15) is 0 Å². The fourth-order valence-electron chi connectivity index (χ4n) is 3.51. The first-order valence-electron chi connectivity index (χ1n) is 8.86. The number of hydrogen-bond acceptors (Lipinski definition) is 4. The number of esters is 1. The van der Waals surface area contributed by atoms with Gasteiger partial charge in [-0.25, -0.2) is 0 Å². The van der Waals surface area contributed by atoms with Crippen molar-refractivity contribution in [3.8, 4) is 0 Å². The van der Waals surface area contributed by atoms with Crippen LogP contribution in [0, 0.1) is 5.92 Å². The largest absolute Gasteiger partial charge is 0.462 e. The molecule has 1 aromatic carbocycles. The Morgan fingerprint density at radius 3 is 2.38 bits per heavy atom. The topological polar surface area (TPSA) is 44.8 Å². The number of carbonyl (C=O) groups excluding carboxylic acids is 1. The van der Waals surface area contributed by atoms with Crippen molar-refractivity contribution < 1.29 is 18.8 Å². The van der Waals surface area contributed by atoms with Crippen LogP contribution in [-0.2, 0) is 25.4 Å². The third-order valence-electron chi connectivity index (χ3n) is 5.72. The molecule has 1 saturated heterocycles. The summed E-state index contributed by atoms with van der Waals surface area (Å²) in [5, 5.41) is 0. The van der Waals surface area contributed by atoms with Gasteiger partial charge in [-0.15, -0.1) is 0 Å². The summed E-state index contributed by atoms with van der Waals surface area (Å²) in [4.78, 5) is 12.6. The van der Waals surface area contributed by atoms with Gasteiger partial charge in [0.05, 0.1) is 17.1 Å². The van der Waals surface area contributed by atoms with Crippen molar-refractivity contribution in [2.24, 2.45) is 5.92 Å². The van der Waals surface area contributed by atoms with Gasteiger partial charge in [-0.05, 0) is 39.7 Å². The van der Waals surface area contributed by atoms with Gasteiger partial charge in [0.2, 0.25) is 0 Å². The highest BCUT2D eigenvalue weighted by atomic mass is 16.7. The van der Waals surface area contributed by atoms with Crippen LogP contribution in [0.3, 0.4) is 0 Å². The summed E-state index contributed by atoms with van der Waals surface area (Å²) in [6.07, 6.45) is 2.81. The molecule has 1 aliphatic heterocycles. The third-order valence-corrected chi connectivity index (χ3v) is 5.72. The van der Waals surface area contributed by atoms with E-state index in [-0.39, 0.29) is 36.0 Å². The van der Waals surface area contributed by atoms with E-state index in [1.54, 1.807) is 0 Å². The van der Waals surface area contributed by atoms with Crippen molar-refractivity contribution in [3.63, 3.8) is 0 Å². The Labute approximate surface area is 145 Å². The Balaban J connectivity index is 1.62. The van der Waals surface area contributed by atoms with E-state index in [4.69, 9.17) is 14.0 Å². The molecule has 3 rings (SSSR count). The van der Waals surface area contributed by atoms with Gasteiger partial charge >= 0.3 is 13.1 Å². The average molecular weight is 330 g/mol. The number of benzene rings is 1. The number of ether oxygens (including phenoxy) is 1. The van der Waals surface area contributed by atoms with Gasteiger partial charge in [-0.1, -0.05) is 43.2 Å². The molecule has 0 amide bonds. The molecule has 1 heterocycles. The summed E-state index contributed by atoms with van der Waals surface area (Å²) >= 11 is 0. The van der Waals surface area contributed by atoms with Crippen molar-refractivity contribution in [2.45, 2.75) is 70.6 Å². The summed E-state index contributed by atoms with van der Waals surface area (Å²) < 4.78 is 17.9. The predicted molar refractivity (Wildman–Crippen MR) is 93.4 cm³/mol. The maximum absolute atomic E-state index is 12.6. The smallest absolute Gasteiger partial charge is 0.461 e. The van der Waals surface area contributed by atoms with Gasteiger partial charge in [0.25, 0.3) is 0 Å². The molecule has 2 atom stereocenters. The highest BCUT2D eigenvalue weighted by molar-refractivity contribution is 6.48. The lowest BCUT2D eigenvalue weighted by molar-refractivity contribution is -0.149. The van der Waals surface area contributed by atoms with Crippen molar-refractivity contribution in [3.05, 3.63) is 35.9 Å². The van der Waals surface area contributed by atoms with Gasteiger partial charge < -0.3 is 14.0 Å². The SMILES string of the molecule is CC1(C)OB([C@@H]2CCC[C@@H]2C(=O)OCc2ccccc2)OC1(C)C. The zero-order valence-electron chi connectivity index (χ0n) is 15.1. The van der Waals surface area contributed by atoms with Crippen LogP contribution in [0.5, 0.6) is 0 Å². The van der Waals surface area contributed by atoms with Crippen molar-refractivity contribution in [1.29, 1.82) is 0 Å². The first-order valence-corrected chi connectivity index (χ1v) is 8.86. The van der Waals surface area contributed by atoms with E-state index in [9.17, 15) is 4.79 Å². The van der Waals surface area contributed by atoms with Crippen molar-refractivity contribution in [1.82, 2.24) is 0 Å². The monoisotopic (exact) mass is 330 g/mol. The summed E-state index contributed by atoms with van der Waals surface area (Å²) in [5.41, 5.74) is 0.286. The molecule has 0 spiro atoms. The second kappa shape index (κ2) is 6.53. The molecule has 5 heteroatoms. The minimum atomic E-state index is -0.362. The first-order chi connectivity index (χ1) is 11.3. The molecule has 0 bridgehead atoms. The Morgan fingerprint density at radius 1 is 1.12 bits per heavy atom. The summed E-state index contributed by atoms with van der Waals surface area (Å²) in [5.74, 6) is -0.186. The maximum Gasteiger partial charge on any atom is 0.462 e. The van der Waals surface area contributed by atoms with Gasteiger partial charge in [0, 0.05) is 5.82 Å². The number of carbonyl (C=O) groups is 1. The van der Waals surface area contributed by atoms with E-state index < -0.39 is 0 Å². The average Bonchev–Trinajstić information content (AvgIpc) is 3.09. The first kappa shape index (κ1) is 17.5. The van der Waals surface area contributed by atoms with Crippen LogP contribution in [0.2, 0.25) is 5.82 Å². The molecule has 0 radical (unpaired) electrons. The zero-order chi connectivity index (χ0) is 17.4. The molecule has 1 aromatic rings. The number of rotatable bonds is 4. The maximum atomic E-state index is 12.6. The van der Waals surface area contributed by atoms with Crippen LogP contribution in [0.15, 0.2) is 30.3 Å². The quantitative estimate of drug-likeness (QED) is 0.618. The molecule has 2 fully saturated rings. The number of hydrogen-bond donors (Lipinski definition) is 0. The molecule has 0 aromatic heterocycles. The lowest BCUT2D eigenvalue weighted by Gasteiger charge is -2.32. The summed E-state index contributed by atoms with van der Waals surface area (Å²) in [7, 11) is -0.327. The standard InChI is InChI=1S/C19H27BO4/c1-18(2)19(3,4)24-20(23-18)16-12-8-11-15(16)17(21)22-13-14-9-6-5-7-10-14/h5-7,9-10,15-16H,8,11-13H2,1-4H3/t15-,16+/m0/s1. The molecular formula is C19H27BO4. The molecule has 4 nitrogen and oxygen atoms in total. The molecule has 24 heavy (non-hydrogen) atoms. The van der Waals surface area contributed by atoms with E-state index in [1.165, 1.54) is 0 Å². The van der Waals surface area contributed by atoms with Crippen LogP contribution < -0.4 is 0 Å². The highest BCUT2D eigenvalue weighted by Gasteiger charge is 2.56. The minimum absolute atomic E-state index is 0.0781. The van der Waals surface area contributed by atoms with Crippen LogP contribution >= 0.6 is 0 Å². The highest BCUT2D eigenvalue weighted by Crippen LogP contribution is 2.47. The van der Waals surface area contributed by atoms with E-state index in [1.807, 2.05) is 58.0 Å². The fourth-order valence-corrected chi connectivity index (χ4v) is 3.51. The van der Waals surface area contributed by atoms with E-state index in [2.05, 4.69) is 0 Å².